The number of amides is 2. The fourth-order valence-electron chi connectivity index (χ4n) is 3.30. The predicted octanol–water partition coefficient (Wildman–Crippen LogP) is 1.38. The van der Waals surface area contributed by atoms with Crippen molar-refractivity contribution < 1.29 is 14.3 Å². The van der Waals surface area contributed by atoms with Crippen molar-refractivity contribution in [3.63, 3.8) is 0 Å². The van der Waals surface area contributed by atoms with Gasteiger partial charge in [-0.05, 0) is 37.8 Å². The minimum Gasteiger partial charge on any atom is -0.377 e. The van der Waals surface area contributed by atoms with Crippen LogP contribution < -0.4 is 10.6 Å². The number of hydrogen-bond acceptors (Lipinski definition) is 4. The van der Waals surface area contributed by atoms with Crippen molar-refractivity contribution in [3.8, 4) is 0 Å². The van der Waals surface area contributed by atoms with Crippen molar-refractivity contribution in [1.82, 2.24) is 10.2 Å². The number of benzene rings is 1. The van der Waals surface area contributed by atoms with Gasteiger partial charge < -0.3 is 20.3 Å². The summed E-state index contributed by atoms with van der Waals surface area (Å²) in [7, 11) is 0. The molecule has 24 heavy (non-hydrogen) atoms. The summed E-state index contributed by atoms with van der Waals surface area (Å²) in [4.78, 5) is 26.3. The number of anilines is 1. The molecule has 0 aromatic heterocycles. The molecule has 2 aliphatic heterocycles. The van der Waals surface area contributed by atoms with E-state index in [0.29, 0.717) is 11.8 Å². The molecule has 0 radical (unpaired) electrons. The summed E-state index contributed by atoms with van der Waals surface area (Å²) < 4.78 is 5.67. The average Bonchev–Trinajstić information content (AvgIpc) is 3.10. The van der Waals surface area contributed by atoms with E-state index in [1.165, 1.54) is 0 Å². The van der Waals surface area contributed by atoms with Crippen LogP contribution in [0, 0.1) is 0 Å². The van der Waals surface area contributed by atoms with Crippen LogP contribution in [0.2, 0.25) is 0 Å². The molecule has 2 fully saturated rings. The Labute approximate surface area is 142 Å². The van der Waals surface area contributed by atoms with Gasteiger partial charge in [0.25, 0.3) is 0 Å². The number of nitrogens with zero attached hydrogens (tertiary/aromatic N) is 1. The fraction of sp³-hybridized carbons (Fsp3) is 0.556. The van der Waals surface area contributed by atoms with Crippen molar-refractivity contribution in [2.24, 2.45) is 0 Å². The van der Waals surface area contributed by atoms with E-state index in [-0.39, 0.29) is 6.04 Å². The van der Waals surface area contributed by atoms with Gasteiger partial charge in [-0.25, -0.2) is 0 Å². The zero-order valence-electron chi connectivity index (χ0n) is 13.9. The van der Waals surface area contributed by atoms with Gasteiger partial charge in [0.05, 0.1) is 6.10 Å². The van der Waals surface area contributed by atoms with Crippen molar-refractivity contribution in [2.45, 2.75) is 37.8 Å². The van der Waals surface area contributed by atoms with E-state index in [9.17, 15) is 9.59 Å². The predicted molar refractivity (Wildman–Crippen MR) is 91.7 cm³/mol. The molecule has 130 valence electrons. The Hall–Kier alpha value is -1.92. The van der Waals surface area contributed by atoms with Crippen LogP contribution in [-0.4, -0.2) is 55.1 Å². The second-order valence-electron chi connectivity index (χ2n) is 6.50. The van der Waals surface area contributed by atoms with Crippen molar-refractivity contribution >= 4 is 17.5 Å². The Morgan fingerprint density at radius 1 is 1.08 bits per heavy atom. The smallest absolute Gasteiger partial charge is 0.313 e. The first-order valence-electron chi connectivity index (χ1n) is 8.71. The molecule has 1 atom stereocenters. The lowest BCUT2D eigenvalue weighted by atomic mass is 10.0. The molecule has 2 saturated heterocycles. The lowest BCUT2D eigenvalue weighted by molar-refractivity contribution is -0.136. The number of nitrogens with one attached hydrogen (secondary N) is 2. The molecule has 1 aromatic carbocycles. The highest BCUT2D eigenvalue weighted by atomic mass is 16.5. The van der Waals surface area contributed by atoms with Gasteiger partial charge in [-0.15, -0.1) is 0 Å². The highest BCUT2D eigenvalue weighted by Gasteiger charge is 2.26. The molecule has 6 heteroatoms. The van der Waals surface area contributed by atoms with Crippen LogP contribution in [0.1, 0.15) is 25.7 Å². The van der Waals surface area contributed by atoms with Crippen LogP contribution in [0.15, 0.2) is 30.3 Å². The summed E-state index contributed by atoms with van der Waals surface area (Å²) in [6.45, 7) is 3.74. The van der Waals surface area contributed by atoms with Gasteiger partial charge in [0.2, 0.25) is 0 Å². The summed E-state index contributed by atoms with van der Waals surface area (Å²) in [6.07, 6.45) is 4.42. The molecule has 0 aliphatic carbocycles. The normalized spacial score (nSPS) is 22.2. The summed E-state index contributed by atoms with van der Waals surface area (Å²) in [5, 5.41) is 5.45. The largest absolute Gasteiger partial charge is 0.377 e. The molecule has 2 aliphatic rings. The minimum absolute atomic E-state index is 0.0692. The topological polar surface area (TPSA) is 70.7 Å². The van der Waals surface area contributed by atoms with E-state index in [4.69, 9.17) is 4.74 Å². The Balaban J connectivity index is 1.38. The van der Waals surface area contributed by atoms with E-state index in [1.807, 2.05) is 18.2 Å². The summed E-state index contributed by atoms with van der Waals surface area (Å²) in [5.74, 6) is -1.17. The van der Waals surface area contributed by atoms with Crippen molar-refractivity contribution in [2.75, 3.05) is 31.6 Å². The van der Waals surface area contributed by atoms with Gasteiger partial charge in [0.1, 0.15) is 0 Å². The molecule has 2 N–H and O–H groups in total. The van der Waals surface area contributed by atoms with Crippen LogP contribution in [-0.2, 0) is 14.3 Å². The molecule has 0 unspecified atom stereocenters. The van der Waals surface area contributed by atoms with Crippen LogP contribution >= 0.6 is 0 Å². The van der Waals surface area contributed by atoms with Crippen LogP contribution in [0.25, 0.3) is 0 Å². The molecule has 0 saturated carbocycles. The Morgan fingerprint density at radius 2 is 1.83 bits per heavy atom. The van der Waals surface area contributed by atoms with Gasteiger partial charge >= 0.3 is 11.8 Å². The quantitative estimate of drug-likeness (QED) is 0.818. The first-order chi connectivity index (χ1) is 11.7. The van der Waals surface area contributed by atoms with E-state index in [2.05, 4.69) is 15.5 Å². The highest BCUT2D eigenvalue weighted by molar-refractivity contribution is 6.39. The van der Waals surface area contributed by atoms with Crippen molar-refractivity contribution in [1.29, 1.82) is 0 Å². The lowest BCUT2D eigenvalue weighted by Crippen LogP contribution is -2.48. The maximum Gasteiger partial charge on any atom is 0.313 e. The maximum absolute atomic E-state index is 12.0. The van der Waals surface area contributed by atoms with Crippen molar-refractivity contribution in [3.05, 3.63) is 30.3 Å². The third-order valence-electron chi connectivity index (χ3n) is 4.65. The summed E-state index contributed by atoms with van der Waals surface area (Å²) in [5.41, 5.74) is 0.629. The highest BCUT2D eigenvalue weighted by Crippen LogP contribution is 2.17. The number of para-hydroxylation sites is 1. The number of carbonyl (C=O) groups excluding carboxylic acids is 2. The number of carbonyl (C=O) groups is 2. The van der Waals surface area contributed by atoms with E-state index in [1.54, 1.807) is 12.1 Å². The van der Waals surface area contributed by atoms with E-state index < -0.39 is 11.8 Å². The standard InChI is InChI=1S/C18H25N3O3/c22-17(19-14-5-2-1-3-6-14)18(23)20-15-8-10-21(11-9-15)13-16-7-4-12-24-16/h1-3,5-6,15-16H,4,7-13H2,(H,19,22)(H,20,23)/t16-/m1/s1. The molecule has 2 heterocycles. The van der Waals surface area contributed by atoms with Gasteiger partial charge in [0, 0.05) is 38.0 Å². The lowest BCUT2D eigenvalue weighted by Gasteiger charge is -2.33. The number of piperidine rings is 1. The molecular formula is C18H25N3O3. The third-order valence-corrected chi connectivity index (χ3v) is 4.65. The number of hydrogen-bond donors (Lipinski definition) is 2. The average molecular weight is 331 g/mol. The minimum atomic E-state index is -0.608. The molecule has 2 amide bonds. The first-order valence-corrected chi connectivity index (χ1v) is 8.71. The third kappa shape index (κ3) is 4.79. The molecule has 3 rings (SSSR count). The van der Waals surface area contributed by atoms with Gasteiger partial charge in [-0.1, -0.05) is 18.2 Å². The van der Waals surface area contributed by atoms with E-state index >= 15 is 0 Å². The second-order valence-corrected chi connectivity index (χ2v) is 6.50. The van der Waals surface area contributed by atoms with Gasteiger partial charge in [-0.2, -0.15) is 0 Å². The SMILES string of the molecule is O=C(Nc1ccccc1)C(=O)NC1CCN(C[C@H]2CCCO2)CC1. The van der Waals surface area contributed by atoms with E-state index in [0.717, 1.165) is 51.9 Å². The Bertz CT molecular complexity index is 550. The molecule has 6 nitrogen and oxygen atoms in total. The summed E-state index contributed by atoms with van der Waals surface area (Å²) in [6, 6.07) is 9.08. The number of likely N-dealkylation sites (tertiary alicyclic amines) is 1. The number of ether oxygens (including phenoxy) is 1. The molecular weight excluding hydrogens is 306 g/mol. The second kappa shape index (κ2) is 8.26. The molecule has 0 spiro atoms. The zero-order chi connectivity index (χ0) is 16.8. The Kier molecular flexibility index (Phi) is 5.82. The summed E-state index contributed by atoms with van der Waals surface area (Å²) >= 11 is 0. The van der Waals surface area contributed by atoms with Gasteiger partial charge in [0.15, 0.2) is 0 Å². The Morgan fingerprint density at radius 3 is 2.50 bits per heavy atom. The monoisotopic (exact) mass is 331 g/mol. The first kappa shape index (κ1) is 16.9. The molecule has 0 bridgehead atoms. The fourth-order valence-corrected chi connectivity index (χ4v) is 3.30. The van der Waals surface area contributed by atoms with Gasteiger partial charge in [-0.3, -0.25) is 9.59 Å². The van der Waals surface area contributed by atoms with Crippen LogP contribution in [0.5, 0.6) is 0 Å². The number of rotatable bonds is 4. The van der Waals surface area contributed by atoms with Crippen LogP contribution in [0.4, 0.5) is 5.69 Å². The molecule has 1 aromatic rings. The maximum atomic E-state index is 12.0. The zero-order valence-corrected chi connectivity index (χ0v) is 13.9. The van der Waals surface area contributed by atoms with Crippen LogP contribution in [0.3, 0.4) is 0 Å².